The van der Waals surface area contributed by atoms with Gasteiger partial charge in [0.2, 0.25) is 0 Å². The Bertz CT molecular complexity index is 963. The number of carboxylic acids is 1. The van der Waals surface area contributed by atoms with Crippen molar-refractivity contribution in [2.75, 3.05) is 6.61 Å². The summed E-state index contributed by atoms with van der Waals surface area (Å²) in [6, 6.07) is 0. The average Bonchev–Trinajstić information content (AvgIpc) is 2.80. The molecule has 0 spiro atoms. The van der Waals surface area contributed by atoms with Crippen LogP contribution in [0.1, 0.15) is 86.5 Å². The highest BCUT2D eigenvalue weighted by atomic mass is 16.4. The molecule has 0 unspecified atom stereocenters. The first-order chi connectivity index (χ1) is 16.6. The highest BCUT2D eigenvalue weighted by Crippen LogP contribution is 2.75. The minimum atomic E-state index is -1.08. The summed E-state index contributed by atoms with van der Waals surface area (Å²) in [5.41, 5.74) is -1.41. The zero-order chi connectivity index (χ0) is 26.6. The number of hydrogen-bond acceptors (Lipinski definition) is 5. The monoisotopic (exact) mass is 504 g/mol. The second-order valence-corrected chi connectivity index (χ2v) is 14.6. The molecule has 0 amide bonds. The van der Waals surface area contributed by atoms with Crippen molar-refractivity contribution in [1.82, 2.24) is 0 Å². The maximum Gasteiger partial charge on any atom is 0.310 e. The van der Waals surface area contributed by atoms with Crippen molar-refractivity contribution in [3.05, 3.63) is 11.6 Å². The highest BCUT2D eigenvalue weighted by Gasteiger charge is 2.72. The number of aliphatic carboxylic acids is 1. The molecule has 0 aliphatic heterocycles. The van der Waals surface area contributed by atoms with Crippen LogP contribution in [0.4, 0.5) is 0 Å². The number of carbonyl (C=O) groups is 1. The maximum atomic E-state index is 12.8. The van der Waals surface area contributed by atoms with Crippen molar-refractivity contribution in [1.29, 1.82) is 0 Å². The van der Waals surface area contributed by atoms with Crippen LogP contribution in [0, 0.1) is 56.7 Å². The molecule has 0 saturated heterocycles. The molecule has 0 aromatic rings. The Morgan fingerprint density at radius 1 is 1.00 bits per heavy atom. The average molecular weight is 505 g/mol. The summed E-state index contributed by atoms with van der Waals surface area (Å²) in [5.74, 6) is -0.0914. The zero-order valence-electron chi connectivity index (χ0n) is 23.0. The van der Waals surface area contributed by atoms with Crippen LogP contribution in [-0.4, -0.2) is 56.4 Å². The van der Waals surface area contributed by atoms with Gasteiger partial charge in [0.05, 0.1) is 30.3 Å². The highest BCUT2D eigenvalue weighted by molar-refractivity contribution is 5.76. The SMILES string of the molecule is C[C@H]1[C@H](C)CC[C@]2(C(=O)O)CC[C@]3(C)C(=CC[C@H]4[C@]5(C)C[C@@H](O)[C@H](O)[C@](C)(CO)[C@H]5[C@@H](O)C[C@]43C)[C@H]12. The standard InChI is InChI=1S/C30H48O6/c1-16-9-10-30(25(35)36)12-11-28(5)18(22(30)17(16)2)7-8-21-26(3)13-20(33)24(34)27(4,15-31)23(26)19(32)14-29(21,28)6/h7,16-17,19-24,31-34H,8-15H2,1-6H3,(H,35,36)/t16-,17+,19+,20-,21+,22+,23+,24+,26+,27-,28-,29-,30+/m1/s1. The number of carboxylic acid groups (broad SMARTS) is 1. The minimum absolute atomic E-state index is 0.000534. The molecule has 36 heavy (non-hydrogen) atoms. The number of rotatable bonds is 2. The van der Waals surface area contributed by atoms with Crippen LogP contribution in [0.2, 0.25) is 0 Å². The van der Waals surface area contributed by atoms with Crippen LogP contribution in [-0.2, 0) is 4.79 Å². The van der Waals surface area contributed by atoms with Gasteiger partial charge in [0, 0.05) is 11.3 Å². The molecular formula is C30H48O6. The van der Waals surface area contributed by atoms with Crippen LogP contribution in [0.5, 0.6) is 0 Å². The molecule has 0 radical (unpaired) electrons. The van der Waals surface area contributed by atoms with Gasteiger partial charge in [0.25, 0.3) is 0 Å². The Labute approximate surface area is 216 Å². The summed E-state index contributed by atoms with van der Waals surface area (Å²) in [6.45, 7) is 12.8. The molecule has 6 heteroatoms. The second kappa shape index (κ2) is 8.03. The molecule has 0 heterocycles. The molecule has 204 valence electrons. The summed E-state index contributed by atoms with van der Waals surface area (Å²) in [6.07, 6.45) is 4.44. The zero-order valence-corrected chi connectivity index (χ0v) is 23.0. The number of aliphatic hydroxyl groups excluding tert-OH is 4. The second-order valence-electron chi connectivity index (χ2n) is 14.6. The topological polar surface area (TPSA) is 118 Å². The fourth-order valence-corrected chi connectivity index (χ4v) is 11.2. The molecule has 5 aliphatic rings. The van der Waals surface area contributed by atoms with Gasteiger partial charge >= 0.3 is 5.97 Å². The molecule has 0 aromatic carbocycles. The van der Waals surface area contributed by atoms with Gasteiger partial charge in [-0.25, -0.2) is 0 Å². The number of aliphatic hydroxyl groups is 4. The Morgan fingerprint density at radius 3 is 2.28 bits per heavy atom. The Balaban J connectivity index is 1.65. The molecule has 5 rings (SSSR count). The summed E-state index contributed by atoms with van der Waals surface area (Å²) >= 11 is 0. The molecule has 13 atom stereocenters. The Kier molecular flexibility index (Phi) is 5.95. The molecule has 4 fully saturated rings. The normalized spacial score (nSPS) is 58.6. The predicted molar refractivity (Wildman–Crippen MR) is 137 cm³/mol. The maximum absolute atomic E-state index is 12.8. The van der Waals surface area contributed by atoms with E-state index in [1.54, 1.807) is 0 Å². The van der Waals surface area contributed by atoms with Gasteiger partial charge in [-0.2, -0.15) is 0 Å². The van der Waals surface area contributed by atoms with Gasteiger partial charge in [-0.15, -0.1) is 0 Å². The van der Waals surface area contributed by atoms with Crippen LogP contribution in [0.15, 0.2) is 11.6 Å². The van der Waals surface area contributed by atoms with Crippen LogP contribution < -0.4 is 0 Å². The lowest BCUT2D eigenvalue weighted by Gasteiger charge is -2.72. The van der Waals surface area contributed by atoms with Crippen LogP contribution in [0.25, 0.3) is 0 Å². The van der Waals surface area contributed by atoms with E-state index in [1.165, 1.54) is 5.57 Å². The van der Waals surface area contributed by atoms with Crippen molar-refractivity contribution >= 4 is 5.97 Å². The minimum Gasteiger partial charge on any atom is -0.481 e. The van der Waals surface area contributed by atoms with Gasteiger partial charge in [-0.3, -0.25) is 4.79 Å². The quantitative estimate of drug-likeness (QED) is 0.363. The van der Waals surface area contributed by atoms with Crippen LogP contribution in [0.3, 0.4) is 0 Å². The van der Waals surface area contributed by atoms with Gasteiger partial charge in [0.1, 0.15) is 0 Å². The van der Waals surface area contributed by atoms with E-state index in [2.05, 4.69) is 40.7 Å². The Morgan fingerprint density at radius 2 is 1.67 bits per heavy atom. The van der Waals surface area contributed by atoms with Gasteiger partial charge < -0.3 is 25.5 Å². The molecule has 0 aromatic heterocycles. The third kappa shape index (κ3) is 2.96. The van der Waals surface area contributed by atoms with E-state index in [4.69, 9.17) is 0 Å². The van der Waals surface area contributed by atoms with Crippen LogP contribution >= 0.6 is 0 Å². The first kappa shape index (κ1) is 26.6. The first-order valence-corrected chi connectivity index (χ1v) is 14.2. The number of fused-ring (bicyclic) bond motifs is 7. The van der Waals surface area contributed by atoms with Crippen molar-refractivity contribution in [2.45, 2.75) is 105 Å². The van der Waals surface area contributed by atoms with Crippen molar-refractivity contribution in [2.24, 2.45) is 56.7 Å². The first-order valence-electron chi connectivity index (χ1n) is 14.2. The number of allylic oxidation sites excluding steroid dienone is 2. The van der Waals surface area contributed by atoms with E-state index in [0.29, 0.717) is 25.2 Å². The molecule has 5 aliphatic carbocycles. The lowest BCUT2D eigenvalue weighted by atomic mass is 9.32. The third-order valence-corrected chi connectivity index (χ3v) is 13.4. The van der Waals surface area contributed by atoms with Crippen molar-refractivity contribution < 1.29 is 30.3 Å². The lowest BCUT2D eigenvalue weighted by Crippen LogP contribution is -2.71. The van der Waals surface area contributed by atoms with Gasteiger partial charge in [-0.1, -0.05) is 53.2 Å². The van der Waals surface area contributed by atoms with Gasteiger partial charge in [-0.05, 0) is 84.9 Å². The van der Waals surface area contributed by atoms with E-state index >= 15 is 0 Å². The molecule has 4 saturated carbocycles. The van der Waals surface area contributed by atoms with E-state index < -0.39 is 40.5 Å². The van der Waals surface area contributed by atoms with E-state index in [0.717, 1.165) is 25.7 Å². The van der Waals surface area contributed by atoms with Gasteiger partial charge in [0.15, 0.2) is 0 Å². The predicted octanol–water partition coefficient (Wildman–Crippen LogP) is 4.00. The molecule has 6 nitrogen and oxygen atoms in total. The van der Waals surface area contributed by atoms with Crippen molar-refractivity contribution in [3.8, 4) is 0 Å². The van der Waals surface area contributed by atoms with E-state index in [1.807, 2.05) is 6.92 Å². The lowest BCUT2D eigenvalue weighted by molar-refractivity contribution is -0.273. The largest absolute Gasteiger partial charge is 0.481 e. The van der Waals surface area contributed by atoms with E-state index in [-0.39, 0.29) is 41.1 Å². The third-order valence-electron chi connectivity index (χ3n) is 13.4. The summed E-state index contributed by atoms with van der Waals surface area (Å²) in [7, 11) is 0. The fourth-order valence-electron chi connectivity index (χ4n) is 11.2. The summed E-state index contributed by atoms with van der Waals surface area (Å²) < 4.78 is 0. The molecule has 5 N–H and O–H groups in total. The summed E-state index contributed by atoms with van der Waals surface area (Å²) in [5, 5.41) is 54.7. The fraction of sp³-hybridized carbons (Fsp3) is 0.900. The summed E-state index contributed by atoms with van der Waals surface area (Å²) in [4.78, 5) is 12.8. The Hall–Kier alpha value is -0.950. The van der Waals surface area contributed by atoms with E-state index in [9.17, 15) is 30.3 Å². The number of hydrogen-bond donors (Lipinski definition) is 5. The smallest absolute Gasteiger partial charge is 0.310 e. The van der Waals surface area contributed by atoms with Crippen molar-refractivity contribution in [3.63, 3.8) is 0 Å². The molecular weight excluding hydrogens is 456 g/mol. The molecule has 0 bridgehead atoms.